The summed E-state index contributed by atoms with van der Waals surface area (Å²) in [5.41, 5.74) is 7.26. The van der Waals surface area contributed by atoms with E-state index >= 15 is 4.39 Å². The van der Waals surface area contributed by atoms with Crippen molar-refractivity contribution in [1.82, 2.24) is 25.2 Å². The minimum Gasteiger partial charge on any atom is -0.461 e. The zero-order chi connectivity index (χ0) is 27.6. The van der Waals surface area contributed by atoms with E-state index < -0.39 is 17.8 Å². The summed E-state index contributed by atoms with van der Waals surface area (Å²) in [5, 5.41) is 7.51. The first-order valence-electron chi connectivity index (χ1n) is 13.7. The number of hydrogen-bond acceptors (Lipinski definition) is 9. The molecular formula is C28H30F3N7OS. The van der Waals surface area contributed by atoms with Crippen molar-refractivity contribution in [1.29, 1.82) is 0 Å². The molecule has 0 spiro atoms. The number of hydrogen-bond donors (Lipinski definition) is 3. The van der Waals surface area contributed by atoms with E-state index in [1.807, 2.05) is 6.07 Å². The van der Waals surface area contributed by atoms with Gasteiger partial charge in [-0.2, -0.15) is 9.97 Å². The number of thiazole rings is 1. The molecule has 0 radical (unpaired) electrons. The van der Waals surface area contributed by atoms with E-state index in [1.165, 1.54) is 12.1 Å². The van der Waals surface area contributed by atoms with Crippen LogP contribution in [0.1, 0.15) is 31.2 Å². The Balaban J connectivity index is 1.34. The number of ether oxygens (including phenoxy) is 1. The molecule has 8 nitrogen and oxygen atoms in total. The summed E-state index contributed by atoms with van der Waals surface area (Å²) in [6.07, 6.45) is 2.25. The fourth-order valence-electron chi connectivity index (χ4n) is 6.65. The number of halogens is 3. The standard InChI is InChI=1S/C28H30F3N7OS/c1-14-9-18-22(21(31)20(14)17-3-4-19(30)24-23(17)35-26(32)40-24)36-27(37-25(18)34-16-5-7-33-11-16)39-13-28-6-2-8-38(28)12-15(29)10-28/h3-4,9,15-16,33H,2,5-8,10-13H2,1H3,(H2,32,35)(H,34,36,37)/t15-,16-,28+/m1/s1. The molecule has 5 heterocycles. The number of alkyl halides is 1. The Morgan fingerprint density at radius 3 is 2.95 bits per heavy atom. The zero-order valence-corrected chi connectivity index (χ0v) is 22.9. The smallest absolute Gasteiger partial charge is 0.319 e. The van der Waals surface area contributed by atoms with Crippen LogP contribution in [0.2, 0.25) is 0 Å². The van der Waals surface area contributed by atoms with Gasteiger partial charge in [-0.1, -0.05) is 11.3 Å². The molecule has 2 aromatic carbocycles. The Kier molecular flexibility index (Phi) is 6.24. The van der Waals surface area contributed by atoms with Crippen LogP contribution in [-0.4, -0.2) is 70.4 Å². The number of anilines is 2. The molecule has 3 saturated heterocycles. The van der Waals surface area contributed by atoms with Gasteiger partial charge in [0.05, 0.1) is 15.8 Å². The van der Waals surface area contributed by atoms with Gasteiger partial charge in [-0.05, 0) is 63.0 Å². The van der Waals surface area contributed by atoms with Gasteiger partial charge in [0.25, 0.3) is 0 Å². The van der Waals surface area contributed by atoms with Crippen molar-refractivity contribution < 1.29 is 17.9 Å². The SMILES string of the molecule is Cc1cc2c(N[C@@H]3CCNC3)nc(OC[C@@]34CCCN3C[C@H](F)C4)nc2c(F)c1-c1ccc(F)c2sc(N)nc12. The van der Waals surface area contributed by atoms with Gasteiger partial charge in [-0.15, -0.1) is 0 Å². The van der Waals surface area contributed by atoms with Crippen LogP contribution < -0.4 is 21.1 Å². The summed E-state index contributed by atoms with van der Waals surface area (Å²) in [4.78, 5) is 15.7. The van der Waals surface area contributed by atoms with E-state index in [-0.39, 0.29) is 45.1 Å². The lowest BCUT2D eigenvalue weighted by Gasteiger charge is -2.30. The molecule has 0 saturated carbocycles. The molecule has 7 rings (SSSR count). The van der Waals surface area contributed by atoms with Crippen LogP contribution >= 0.6 is 11.3 Å². The highest BCUT2D eigenvalue weighted by Crippen LogP contribution is 2.42. The first-order valence-corrected chi connectivity index (χ1v) is 14.5. The zero-order valence-electron chi connectivity index (χ0n) is 22.1. The van der Waals surface area contributed by atoms with Crippen LogP contribution in [0, 0.1) is 18.6 Å². The lowest BCUT2D eigenvalue weighted by molar-refractivity contribution is 0.107. The lowest BCUT2D eigenvalue weighted by atomic mass is 9.95. The molecule has 3 atom stereocenters. The molecule has 3 aliphatic heterocycles. The first-order chi connectivity index (χ1) is 19.3. The van der Waals surface area contributed by atoms with Crippen LogP contribution in [0.15, 0.2) is 18.2 Å². The molecule has 3 aliphatic rings. The predicted molar refractivity (Wildman–Crippen MR) is 151 cm³/mol. The first kappa shape index (κ1) is 25.7. The third kappa shape index (κ3) is 4.24. The monoisotopic (exact) mass is 569 g/mol. The summed E-state index contributed by atoms with van der Waals surface area (Å²) < 4.78 is 51.8. The van der Waals surface area contributed by atoms with E-state index in [4.69, 9.17) is 10.5 Å². The van der Waals surface area contributed by atoms with Crippen molar-refractivity contribution in [2.45, 2.75) is 50.4 Å². The average molecular weight is 570 g/mol. The molecule has 4 N–H and O–H groups in total. The lowest BCUT2D eigenvalue weighted by Crippen LogP contribution is -2.43. The quantitative estimate of drug-likeness (QED) is 0.304. The Morgan fingerprint density at radius 1 is 1.25 bits per heavy atom. The minimum absolute atomic E-state index is 0.0420. The van der Waals surface area contributed by atoms with Gasteiger partial charge in [0.1, 0.15) is 29.9 Å². The second-order valence-electron chi connectivity index (χ2n) is 11.2. The molecule has 0 unspecified atom stereocenters. The van der Waals surface area contributed by atoms with Crippen LogP contribution in [0.3, 0.4) is 0 Å². The van der Waals surface area contributed by atoms with Gasteiger partial charge in [0.15, 0.2) is 10.9 Å². The van der Waals surface area contributed by atoms with Crippen molar-refractivity contribution in [3.63, 3.8) is 0 Å². The van der Waals surface area contributed by atoms with Gasteiger partial charge in [0, 0.05) is 42.1 Å². The molecule has 0 amide bonds. The molecule has 3 fully saturated rings. The van der Waals surface area contributed by atoms with Gasteiger partial charge < -0.3 is 21.1 Å². The van der Waals surface area contributed by atoms with Crippen LogP contribution in [0.4, 0.5) is 24.1 Å². The molecular weight excluding hydrogens is 539 g/mol. The maximum absolute atomic E-state index is 16.5. The molecule has 0 bridgehead atoms. The molecule has 4 aromatic rings. The van der Waals surface area contributed by atoms with Crippen molar-refractivity contribution in [3.8, 4) is 17.1 Å². The highest BCUT2D eigenvalue weighted by atomic mass is 32.1. The number of benzene rings is 2. The van der Waals surface area contributed by atoms with Crippen LogP contribution in [-0.2, 0) is 0 Å². The molecule has 0 aliphatic carbocycles. The Morgan fingerprint density at radius 2 is 2.12 bits per heavy atom. The summed E-state index contributed by atoms with van der Waals surface area (Å²) in [6, 6.07) is 4.83. The third-order valence-electron chi connectivity index (χ3n) is 8.52. The van der Waals surface area contributed by atoms with Gasteiger partial charge in [0.2, 0.25) is 0 Å². The predicted octanol–water partition coefficient (Wildman–Crippen LogP) is 4.80. The van der Waals surface area contributed by atoms with Gasteiger partial charge in [-0.25, -0.2) is 18.2 Å². The Bertz CT molecular complexity index is 1630. The third-order valence-corrected chi connectivity index (χ3v) is 9.41. The number of nitrogens with two attached hydrogens (primary N) is 1. The number of aromatic nitrogens is 3. The summed E-state index contributed by atoms with van der Waals surface area (Å²) in [6.45, 7) is 4.93. The van der Waals surface area contributed by atoms with E-state index in [0.717, 1.165) is 50.2 Å². The fraction of sp³-hybridized carbons (Fsp3) is 0.464. The number of rotatable bonds is 6. The average Bonchev–Trinajstić information content (AvgIpc) is 3.69. The minimum atomic E-state index is -0.885. The van der Waals surface area contributed by atoms with Crippen LogP contribution in [0.25, 0.3) is 32.2 Å². The van der Waals surface area contributed by atoms with Gasteiger partial charge >= 0.3 is 6.01 Å². The van der Waals surface area contributed by atoms with Crippen molar-refractivity contribution >= 4 is 43.4 Å². The largest absolute Gasteiger partial charge is 0.461 e. The fourth-order valence-corrected chi connectivity index (χ4v) is 7.41. The number of nitrogen functional groups attached to an aromatic ring is 1. The summed E-state index contributed by atoms with van der Waals surface area (Å²) in [7, 11) is 0. The Hall–Kier alpha value is -3.22. The van der Waals surface area contributed by atoms with Crippen molar-refractivity contribution in [2.24, 2.45) is 0 Å². The normalized spacial score (nSPS) is 24.8. The van der Waals surface area contributed by atoms with Crippen molar-refractivity contribution in [3.05, 3.63) is 35.4 Å². The number of nitrogens with one attached hydrogen (secondary N) is 2. The Labute approximate surface area is 233 Å². The summed E-state index contributed by atoms with van der Waals surface area (Å²) in [5.74, 6) is -0.538. The van der Waals surface area contributed by atoms with Gasteiger partial charge in [-0.3, -0.25) is 4.90 Å². The number of fused-ring (bicyclic) bond motifs is 3. The molecule has 40 heavy (non-hydrogen) atoms. The van der Waals surface area contributed by atoms with Crippen molar-refractivity contribution in [2.75, 3.05) is 43.8 Å². The highest BCUT2D eigenvalue weighted by molar-refractivity contribution is 7.22. The molecule has 210 valence electrons. The maximum Gasteiger partial charge on any atom is 0.319 e. The second-order valence-corrected chi connectivity index (χ2v) is 12.2. The molecule has 2 aromatic heterocycles. The summed E-state index contributed by atoms with van der Waals surface area (Å²) >= 11 is 1.03. The van der Waals surface area contributed by atoms with E-state index in [2.05, 4.69) is 30.5 Å². The number of aryl methyl sites for hydroxylation is 1. The van der Waals surface area contributed by atoms with E-state index in [9.17, 15) is 8.78 Å². The second kappa shape index (κ2) is 9.71. The van der Waals surface area contributed by atoms with E-state index in [0.29, 0.717) is 40.8 Å². The number of nitrogens with zero attached hydrogens (tertiary/aromatic N) is 4. The van der Waals surface area contributed by atoms with E-state index in [1.54, 1.807) is 6.92 Å². The topological polar surface area (TPSA) is 101 Å². The van der Waals surface area contributed by atoms with Crippen LogP contribution in [0.5, 0.6) is 6.01 Å². The molecule has 12 heteroatoms. The highest BCUT2D eigenvalue weighted by Gasteiger charge is 2.49. The maximum atomic E-state index is 16.5.